The molecule has 7 heteroatoms. The number of hydrogen-bond acceptors (Lipinski definition) is 5. The quantitative estimate of drug-likeness (QED) is 0.539. The second-order valence-electron chi connectivity index (χ2n) is 3.64. The summed E-state index contributed by atoms with van der Waals surface area (Å²) >= 11 is 1.42. The van der Waals surface area contributed by atoms with E-state index in [9.17, 15) is 9.59 Å². The standard InChI is InChI=1S/C12H17N3O3S/c1-2-18-8-3-4-9(13)10(7-8)19-6-5-11(16)15-12(14)17/h3-4,7H,2,5-6,13H2,1H3,(H3,14,15,16,17). The van der Waals surface area contributed by atoms with Crippen LogP contribution >= 0.6 is 11.8 Å². The Labute approximate surface area is 115 Å². The van der Waals surface area contributed by atoms with Crippen LogP contribution in [0.25, 0.3) is 0 Å². The number of hydrogen-bond donors (Lipinski definition) is 3. The van der Waals surface area contributed by atoms with Gasteiger partial charge in [0.25, 0.3) is 0 Å². The summed E-state index contributed by atoms with van der Waals surface area (Å²) in [5, 5.41) is 2.01. The minimum absolute atomic E-state index is 0.186. The van der Waals surface area contributed by atoms with E-state index < -0.39 is 11.9 Å². The molecule has 104 valence electrons. The van der Waals surface area contributed by atoms with E-state index in [0.717, 1.165) is 10.6 Å². The van der Waals surface area contributed by atoms with Crippen LogP contribution < -0.4 is 21.5 Å². The Morgan fingerprint density at radius 2 is 2.16 bits per heavy atom. The summed E-state index contributed by atoms with van der Waals surface area (Å²) in [6.07, 6.45) is 0.186. The molecule has 0 radical (unpaired) electrons. The Kier molecular flexibility index (Phi) is 6.01. The highest BCUT2D eigenvalue weighted by molar-refractivity contribution is 7.99. The van der Waals surface area contributed by atoms with E-state index in [2.05, 4.69) is 0 Å². The highest BCUT2D eigenvalue weighted by atomic mass is 32.2. The summed E-state index contributed by atoms with van der Waals surface area (Å²) < 4.78 is 5.37. The first-order valence-electron chi connectivity index (χ1n) is 5.77. The molecule has 0 aliphatic heterocycles. The molecule has 0 heterocycles. The number of anilines is 1. The van der Waals surface area contributed by atoms with Gasteiger partial charge >= 0.3 is 6.03 Å². The predicted molar refractivity (Wildman–Crippen MR) is 75.1 cm³/mol. The fourth-order valence-corrected chi connectivity index (χ4v) is 2.29. The van der Waals surface area contributed by atoms with Crippen LogP contribution in [0, 0.1) is 0 Å². The second kappa shape index (κ2) is 7.52. The maximum absolute atomic E-state index is 11.2. The third-order valence-corrected chi connectivity index (χ3v) is 3.22. The maximum Gasteiger partial charge on any atom is 0.318 e. The monoisotopic (exact) mass is 283 g/mol. The molecule has 0 aliphatic rings. The van der Waals surface area contributed by atoms with Gasteiger partial charge in [-0.05, 0) is 25.1 Å². The summed E-state index contributed by atoms with van der Waals surface area (Å²) in [6, 6.07) is 4.54. The molecule has 0 spiro atoms. The molecule has 0 fully saturated rings. The van der Waals surface area contributed by atoms with Gasteiger partial charge in [-0.15, -0.1) is 11.8 Å². The van der Waals surface area contributed by atoms with Crippen LogP contribution in [0.15, 0.2) is 23.1 Å². The second-order valence-corrected chi connectivity index (χ2v) is 4.78. The van der Waals surface area contributed by atoms with Crippen LogP contribution in [0.2, 0.25) is 0 Å². The number of rotatable bonds is 6. The van der Waals surface area contributed by atoms with Gasteiger partial charge < -0.3 is 16.2 Å². The Morgan fingerprint density at radius 1 is 1.42 bits per heavy atom. The van der Waals surface area contributed by atoms with Gasteiger partial charge in [-0.2, -0.15) is 0 Å². The van der Waals surface area contributed by atoms with Crippen molar-refractivity contribution in [3.63, 3.8) is 0 Å². The third kappa shape index (κ3) is 5.52. The fraction of sp³-hybridized carbons (Fsp3) is 0.333. The van der Waals surface area contributed by atoms with Crippen LogP contribution in [0.3, 0.4) is 0 Å². The van der Waals surface area contributed by atoms with E-state index in [1.807, 2.05) is 18.3 Å². The Bertz CT molecular complexity index is 466. The Morgan fingerprint density at radius 3 is 2.79 bits per heavy atom. The predicted octanol–water partition coefficient (Wildman–Crippen LogP) is 1.34. The lowest BCUT2D eigenvalue weighted by Gasteiger charge is -2.08. The average molecular weight is 283 g/mol. The molecule has 0 unspecified atom stereocenters. The van der Waals surface area contributed by atoms with E-state index in [4.69, 9.17) is 16.2 Å². The minimum atomic E-state index is -0.840. The van der Waals surface area contributed by atoms with Gasteiger partial charge in [0.05, 0.1) is 6.61 Å². The number of benzene rings is 1. The topological polar surface area (TPSA) is 107 Å². The lowest BCUT2D eigenvalue weighted by atomic mass is 10.3. The number of nitrogens with two attached hydrogens (primary N) is 2. The number of thioether (sulfide) groups is 1. The zero-order valence-electron chi connectivity index (χ0n) is 10.6. The molecule has 6 nitrogen and oxygen atoms in total. The molecular formula is C12H17N3O3S. The number of amides is 3. The number of primary amides is 1. The molecule has 0 aliphatic carbocycles. The third-order valence-electron chi connectivity index (χ3n) is 2.15. The zero-order valence-corrected chi connectivity index (χ0v) is 11.5. The lowest BCUT2D eigenvalue weighted by Crippen LogP contribution is -2.35. The summed E-state index contributed by atoms with van der Waals surface area (Å²) in [4.78, 5) is 22.5. The van der Waals surface area contributed by atoms with Crippen LogP contribution in [0.1, 0.15) is 13.3 Å². The van der Waals surface area contributed by atoms with Crippen LogP contribution in [-0.2, 0) is 4.79 Å². The lowest BCUT2D eigenvalue weighted by molar-refractivity contribution is -0.119. The van der Waals surface area contributed by atoms with Crippen LogP contribution in [0.4, 0.5) is 10.5 Å². The number of carbonyl (C=O) groups excluding carboxylic acids is 2. The van der Waals surface area contributed by atoms with Gasteiger partial charge in [0, 0.05) is 22.8 Å². The van der Waals surface area contributed by atoms with Crippen molar-refractivity contribution >= 4 is 29.4 Å². The first-order chi connectivity index (χ1) is 9.02. The van der Waals surface area contributed by atoms with Crippen LogP contribution in [-0.4, -0.2) is 24.3 Å². The number of imide groups is 1. The number of urea groups is 1. The van der Waals surface area contributed by atoms with Crippen molar-refractivity contribution in [2.24, 2.45) is 5.73 Å². The summed E-state index contributed by atoms with van der Waals surface area (Å²) in [5.74, 6) is 0.833. The molecule has 0 saturated carbocycles. The molecule has 1 aromatic rings. The van der Waals surface area contributed by atoms with Gasteiger partial charge in [-0.25, -0.2) is 4.79 Å². The molecular weight excluding hydrogens is 266 g/mol. The molecule has 19 heavy (non-hydrogen) atoms. The maximum atomic E-state index is 11.2. The van der Waals surface area contributed by atoms with E-state index in [0.29, 0.717) is 18.0 Å². The van der Waals surface area contributed by atoms with Crippen molar-refractivity contribution in [1.82, 2.24) is 5.32 Å². The van der Waals surface area contributed by atoms with Gasteiger partial charge in [0.15, 0.2) is 0 Å². The highest BCUT2D eigenvalue weighted by Gasteiger charge is 2.07. The smallest absolute Gasteiger partial charge is 0.318 e. The van der Waals surface area contributed by atoms with E-state index in [1.54, 1.807) is 12.1 Å². The average Bonchev–Trinajstić information content (AvgIpc) is 2.32. The largest absolute Gasteiger partial charge is 0.494 e. The molecule has 0 saturated heterocycles. The molecule has 0 atom stereocenters. The summed E-state index contributed by atoms with van der Waals surface area (Å²) in [6.45, 7) is 2.48. The van der Waals surface area contributed by atoms with Crippen molar-refractivity contribution < 1.29 is 14.3 Å². The number of nitrogens with one attached hydrogen (secondary N) is 1. The SMILES string of the molecule is CCOc1ccc(N)c(SCCC(=O)NC(N)=O)c1. The number of carbonyl (C=O) groups is 2. The summed E-state index contributed by atoms with van der Waals surface area (Å²) in [7, 11) is 0. The Hall–Kier alpha value is -1.89. The normalized spacial score (nSPS) is 9.95. The molecule has 0 aromatic heterocycles. The van der Waals surface area contributed by atoms with Gasteiger partial charge in [0.1, 0.15) is 5.75 Å². The molecule has 0 bridgehead atoms. The first-order valence-corrected chi connectivity index (χ1v) is 6.76. The van der Waals surface area contributed by atoms with Crippen molar-refractivity contribution in [2.75, 3.05) is 18.1 Å². The summed E-state index contributed by atoms with van der Waals surface area (Å²) in [5.41, 5.74) is 11.3. The van der Waals surface area contributed by atoms with Gasteiger partial charge in [-0.1, -0.05) is 0 Å². The van der Waals surface area contributed by atoms with Crippen molar-refractivity contribution in [1.29, 1.82) is 0 Å². The Balaban J connectivity index is 2.50. The van der Waals surface area contributed by atoms with Crippen molar-refractivity contribution in [3.05, 3.63) is 18.2 Å². The van der Waals surface area contributed by atoms with E-state index >= 15 is 0 Å². The molecule has 1 aromatic carbocycles. The van der Waals surface area contributed by atoms with Crippen LogP contribution in [0.5, 0.6) is 5.75 Å². The molecule has 5 N–H and O–H groups in total. The molecule has 1 rings (SSSR count). The van der Waals surface area contributed by atoms with E-state index in [-0.39, 0.29) is 6.42 Å². The number of nitrogen functional groups attached to an aromatic ring is 1. The fourth-order valence-electron chi connectivity index (χ4n) is 1.35. The zero-order chi connectivity index (χ0) is 14.3. The highest BCUT2D eigenvalue weighted by Crippen LogP contribution is 2.29. The van der Waals surface area contributed by atoms with Crippen molar-refractivity contribution in [3.8, 4) is 5.75 Å². The molecule has 3 amide bonds. The van der Waals surface area contributed by atoms with Gasteiger partial charge in [-0.3, -0.25) is 10.1 Å². The minimum Gasteiger partial charge on any atom is -0.494 e. The first kappa shape index (κ1) is 15.2. The van der Waals surface area contributed by atoms with Crippen molar-refractivity contribution in [2.45, 2.75) is 18.2 Å². The number of ether oxygens (including phenoxy) is 1. The van der Waals surface area contributed by atoms with Gasteiger partial charge in [0.2, 0.25) is 5.91 Å². The van der Waals surface area contributed by atoms with E-state index in [1.165, 1.54) is 11.8 Å².